The molecule has 0 heterocycles. The molecule has 2 aromatic rings. The molecule has 0 fully saturated rings. The van der Waals surface area contributed by atoms with Crippen molar-refractivity contribution in [2.75, 3.05) is 13.6 Å². The Bertz CT molecular complexity index is 625. The molecule has 1 N–H and O–H groups in total. The van der Waals surface area contributed by atoms with Gasteiger partial charge in [0.25, 0.3) is 0 Å². The van der Waals surface area contributed by atoms with Crippen LogP contribution in [0, 0.1) is 6.92 Å². The molecule has 2 rings (SSSR count). The van der Waals surface area contributed by atoms with E-state index >= 15 is 0 Å². The topological polar surface area (TPSA) is 32.3 Å². The van der Waals surface area contributed by atoms with Crippen LogP contribution >= 0.6 is 11.6 Å². The fraction of sp³-hybridized carbons (Fsp3) is 0.278. The van der Waals surface area contributed by atoms with Gasteiger partial charge in [-0.1, -0.05) is 48.0 Å². The Hall–Kier alpha value is -1.84. The van der Waals surface area contributed by atoms with E-state index in [1.165, 1.54) is 11.1 Å². The molecule has 0 radical (unpaired) electrons. The van der Waals surface area contributed by atoms with Gasteiger partial charge in [-0.15, -0.1) is 0 Å². The monoisotopic (exact) mass is 316 g/mol. The summed E-state index contributed by atoms with van der Waals surface area (Å²) in [5.41, 5.74) is 3.53. The minimum atomic E-state index is 0.0195. The van der Waals surface area contributed by atoms with Crippen molar-refractivity contribution in [3.8, 4) is 0 Å². The number of hydrogen-bond acceptors (Lipinski definition) is 2. The van der Waals surface area contributed by atoms with E-state index in [9.17, 15) is 4.79 Å². The van der Waals surface area contributed by atoms with E-state index < -0.39 is 0 Å². The van der Waals surface area contributed by atoms with Crippen LogP contribution in [-0.4, -0.2) is 24.4 Å². The van der Waals surface area contributed by atoms with Crippen LogP contribution in [0.3, 0.4) is 0 Å². The Morgan fingerprint density at radius 1 is 1.14 bits per heavy atom. The Labute approximate surface area is 136 Å². The Morgan fingerprint density at radius 3 is 2.50 bits per heavy atom. The van der Waals surface area contributed by atoms with Gasteiger partial charge in [-0.2, -0.15) is 0 Å². The first-order valence-electron chi connectivity index (χ1n) is 7.29. The number of likely N-dealkylation sites (N-methyl/N-ethyl adjacent to an activating group) is 1. The van der Waals surface area contributed by atoms with E-state index in [-0.39, 0.29) is 5.91 Å². The summed E-state index contributed by atoms with van der Waals surface area (Å²) in [5, 5.41) is 3.63. The number of aryl methyl sites for hydroxylation is 1. The van der Waals surface area contributed by atoms with Crippen LogP contribution in [0.1, 0.15) is 16.7 Å². The molecular weight excluding hydrogens is 296 g/mol. The average Bonchev–Trinajstić information content (AvgIpc) is 2.49. The molecule has 0 bridgehead atoms. The number of rotatable bonds is 6. The number of benzene rings is 2. The second-order valence-corrected chi connectivity index (χ2v) is 5.94. The lowest BCUT2D eigenvalue weighted by Crippen LogP contribution is -2.34. The van der Waals surface area contributed by atoms with Crippen LogP contribution in [0.25, 0.3) is 0 Å². The largest absolute Gasteiger partial charge is 0.351 e. The van der Waals surface area contributed by atoms with E-state index in [0.717, 1.165) is 12.1 Å². The van der Waals surface area contributed by atoms with Gasteiger partial charge in [-0.3, -0.25) is 9.69 Å². The first-order valence-corrected chi connectivity index (χ1v) is 7.66. The second kappa shape index (κ2) is 7.97. The molecule has 0 aliphatic rings. The molecule has 0 aromatic heterocycles. The number of halogens is 1. The number of carbonyl (C=O) groups is 1. The molecule has 3 nitrogen and oxygen atoms in total. The second-order valence-electron chi connectivity index (χ2n) is 5.50. The highest BCUT2D eigenvalue weighted by Crippen LogP contribution is 2.10. The van der Waals surface area contributed by atoms with Crippen molar-refractivity contribution >= 4 is 17.5 Å². The predicted octanol–water partition coefficient (Wildman–Crippen LogP) is 3.40. The lowest BCUT2D eigenvalue weighted by Gasteiger charge is -2.17. The third-order valence-corrected chi connectivity index (χ3v) is 3.77. The molecule has 0 saturated heterocycles. The van der Waals surface area contributed by atoms with Crippen molar-refractivity contribution in [3.05, 3.63) is 70.2 Å². The fourth-order valence-corrected chi connectivity index (χ4v) is 2.36. The molecule has 0 unspecified atom stereocenters. The molecule has 22 heavy (non-hydrogen) atoms. The third-order valence-electron chi connectivity index (χ3n) is 3.52. The molecule has 116 valence electrons. The maximum absolute atomic E-state index is 12.0. The van der Waals surface area contributed by atoms with Gasteiger partial charge in [0.2, 0.25) is 5.91 Å². The first kappa shape index (κ1) is 16.5. The van der Waals surface area contributed by atoms with Crippen LogP contribution in [0.2, 0.25) is 5.02 Å². The summed E-state index contributed by atoms with van der Waals surface area (Å²) in [6, 6.07) is 15.7. The molecule has 0 spiro atoms. The van der Waals surface area contributed by atoms with E-state index in [1.807, 2.05) is 48.3 Å². The standard InChI is InChI=1S/C18H21ClN2O/c1-14-5-3-4-6-16(14)12-21(2)13-18(22)20-11-15-7-9-17(19)10-8-15/h3-10H,11-13H2,1-2H3,(H,20,22). The predicted molar refractivity (Wildman–Crippen MR) is 90.8 cm³/mol. The van der Waals surface area contributed by atoms with Crippen molar-refractivity contribution in [2.24, 2.45) is 0 Å². The Morgan fingerprint density at radius 2 is 1.82 bits per heavy atom. The van der Waals surface area contributed by atoms with Gasteiger partial charge in [0.1, 0.15) is 0 Å². The lowest BCUT2D eigenvalue weighted by atomic mass is 10.1. The van der Waals surface area contributed by atoms with E-state index in [2.05, 4.69) is 24.4 Å². The average molecular weight is 317 g/mol. The summed E-state index contributed by atoms with van der Waals surface area (Å²) in [4.78, 5) is 14.0. The molecular formula is C18H21ClN2O. The highest BCUT2D eigenvalue weighted by molar-refractivity contribution is 6.30. The van der Waals surface area contributed by atoms with Gasteiger partial charge in [0.05, 0.1) is 6.54 Å². The van der Waals surface area contributed by atoms with E-state index in [0.29, 0.717) is 18.1 Å². The number of nitrogens with one attached hydrogen (secondary N) is 1. The molecule has 2 aromatic carbocycles. The summed E-state index contributed by atoms with van der Waals surface area (Å²) in [6.07, 6.45) is 0. The summed E-state index contributed by atoms with van der Waals surface area (Å²) in [7, 11) is 1.95. The highest BCUT2D eigenvalue weighted by atomic mass is 35.5. The molecule has 0 atom stereocenters. The van der Waals surface area contributed by atoms with Crippen molar-refractivity contribution < 1.29 is 4.79 Å². The fourth-order valence-electron chi connectivity index (χ4n) is 2.24. The third kappa shape index (κ3) is 5.17. The summed E-state index contributed by atoms with van der Waals surface area (Å²) in [5.74, 6) is 0.0195. The van der Waals surface area contributed by atoms with E-state index in [1.54, 1.807) is 0 Å². The van der Waals surface area contributed by atoms with E-state index in [4.69, 9.17) is 11.6 Å². The van der Waals surface area contributed by atoms with Crippen molar-refractivity contribution in [3.63, 3.8) is 0 Å². The Balaban J connectivity index is 1.79. The first-order chi connectivity index (χ1) is 10.5. The van der Waals surface area contributed by atoms with Crippen molar-refractivity contribution in [1.29, 1.82) is 0 Å². The summed E-state index contributed by atoms with van der Waals surface area (Å²) >= 11 is 5.84. The van der Waals surface area contributed by atoms with Gasteiger partial charge < -0.3 is 5.32 Å². The zero-order valence-electron chi connectivity index (χ0n) is 13.0. The molecule has 4 heteroatoms. The number of nitrogens with zero attached hydrogens (tertiary/aromatic N) is 1. The van der Waals surface area contributed by atoms with Gasteiger partial charge in [-0.25, -0.2) is 0 Å². The van der Waals surface area contributed by atoms with Gasteiger partial charge in [0, 0.05) is 18.1 Å². The van der Waals surface area contributed by atoms with Gasteiger partial charge in [0.15, 0.2) is 0 Å². The molecule has 0 aliphatic carbocycles. The summed E-state index contributed by atoms with van der Waals surface area (Å²) in [6.45, 7) is 3.75. The highest BCUT2D eigenvalue weighted by Gasteiger charge is 2.08. The maximum Gasteiger partial charge on any atom is 0.234 e. The van der Waals surface area contributed by atoms with Crippen LogP contribution in [0.15, 0.2) is 48.5 Å². The number of hydrogen-bond donors (Lipinski definition) is 1. The number of amides is 1. The lowest BCUT2D eigenvalue weighted by molar-refractivity contribution is -0.122. The van der Waals surface area contributed by atoms with Crippen LogP contribution < -0.4 is 5.32 Å². The molecule has 1 amide bonds. The van der Waals surface area contributed by atoms with Crippen LogP contribution in [-0.2, 0) is 17.9 Å². The van der Waals surface area contributed by atoms with Gasteiger partial charge in [-0.05, 0) is 42.8 Å². The van der Waals surface area contributed by atoms with Gasteiger partial charge >= 0.3 is 0 Å². The Kier molecular flexibility index (Phi) is 5.99. The SMILES string of the molecule is Cc1ccccc1CN(C)CC(=O)NCc1ccc(Cl)cc1. The van der Waals surface area contributed by atoms with Crippen molar-refractivity contribution in [1.82, 2.24) is 10.2 Å². The minimum absolute atomic E-state index is 0.0195. The van der Waals surface area contributed by atoms with Crippen LogP contribution in [0.5, 0.6) is 0 Å². The molecule has 0 saturated carbocycles. The maximum atomic E-state index is 12.0. The normalized spacial score (nSPS) is 10.7. The smallest absolute Gasteiger partial charge is 0.234 e. The zero-order chi connectivity index (χ0) is 15.9. The molecule has 0 aliphatic heterocycles. The minimum Gasteiger partial charge on any atom is -0.351 e. The number of carbonyl (C=O) groups excluding carboxylic acids is 1. The van der Waals surface area contributed by atoms with Crippen LogP contribution in [0.4, 0.5) is 0 Å². The quantitative estimate of drug-likeness (QED) is 0.886. The zero-order valence-corrected chi connectivity index (χ0v) is 13.7. The van der Waals surface area contributed by atoms with Crippen molar-refractivity contribution in [2.45, 2.75) is 20.0 Å². The summed E-state index contributed by atoms with van der Waals surface area (Å²) < 4.78 is 0.